The van der Waals surface area contributed by atoms with Crippen molar-refractivity contribution in [3.63, 3.8) is 0 Å². The van der Waals surface area contributed by atoms with Crippen LogP contribution in [0.5, 0.6) is 0 Å². The summed E-state index contributed by atoms with van der Waals surface area (Å²) in [7, 11) is 0. The molecule has 1 rings (SSSR count). The van der Waals surface area contributed by atoms with Gasteiger partial charge in [0.1, 0.15) is 0 Å². The van der Waals surface area contributed by atoms with Gasteiger partial charge in [0.2, 0.25) is 11.8 Å². The average Bonchev–Trinajstić information content (AvgIpc) is 2.42. The Bertz CT molecular complexity index is 420. The van der Waals surface area contributed by atoms with E-state index in [0.717, 1.165) is 5.56 Å². The van der Waals surface area contributed by atoms with E-state index in [0.29, 0.717) is 19.5 Å². The van der Waals surface area contributed by atoms with Crippen molar-refractivity contribution >= 4 is 11.8 Å². The zero-order chi connectivity index (χ0) is 14.3. The van der Waals surface area contributed by atoms with Gasteiger partial charge in [0.25, 0.3) is 0 Å². The van der Waals surface area contributed by atoms with E-state index in [1.165, 1.54) is 0 Å². The van der Waals surface area contributed by atoms with E-state index in [1.807, 2.05) is 37.3 Å². The third-order valence-electron chi connectivity index (χ3n) is 2.91. The van der Waals surface area contributed by atoms with Gasteiger partial charge >= 0.3 is 0 Å². The van der Waals surface area contributed by atoms with E-state index in [9.17, 15) is 9.59 Å². The fraction of sp³-hybridized carbons (Fsp3) is 0.429. The van der Waals surface area contributed by atoms with Crippen molar-refractivity contribution in [2.45, 2.75) is 32.4 Å². The first-order valence-corrected chi connectivity index (χ1v) is 6.41. The van der Waals surface area contributed by atoms with Crippen LogP contribution in [0.15, 0.2) is 30.3 Å². The highest BCUT2D eigenvalue weighted by Crippen LogP contribution is 2.07. The maximum absolute atomic E-state index is 12.1. The molecule has 0 saturated carbocycles. The highest BCUT2D eigenvalue weighted by Gasteiger charge is 2.20. The molecule has 0 heterocycles. The largest absolute Gasteiger partial charge is 0.370 e. The molecule has 1 atom stereocenters. The minimum atomic E-state index is -0.531. The Labute approximate surface area is 113 Å². The fourth-order valence-corrected chi connectivity index (χ4v) is 1.73. The lowest BCUT2D eigenvalue weighted by Gasteiger charge is -2.25. The summed E-state index contributed by atoms with van der Waals surface area (Å²) in [5.41, 5.74) is 11.9. The standard InChI is InChI=1S/C14H21N3O2/c1-2-12(15)14(19)17(9-8-13(16)18)10-11-6-4-3-5-7-11/h3-7,12H,2,8-10,15H2,1H3,(H2,16,18)/t12-/m0/s1. The lowest BCUT2D eigenvalue weighted by Crippen LogP contribution is -2.44. The summed E-state index contributed by atoms with van der Waals surface area (Å²) in [5, 5.41) is 0. The summed E-state index contributed by atoms with van der Waals surface area (Å²) in [6, 6.07) is 9.06. The van der Waals surface area contributed by atoms with Gasteiger partial charge in [0, 0.05) is 19.5 Å². The third kappa shape index (κ3) is 5.09. The molecule has 1 aromatic rings. The van der Waals surface area contributed by atoms with Crippen molar-refractivity contribution in [3.8, 4) is 0 Å². The van der Waals surface area contributed by atoms with E-state index >= 15 is 0 Å². The predicted octanol–water partition coefficient (Wildman–Crippen LogP) is 0.628. The maximum Gasteiger partial charge on any atom is 0.239 e. The summed E-state index contributed by atoms with van der Waals surface area (Å²) >= 11 is 0. The zero-order valence-corrected chi connectivity index (χ0v) is 11.2. The highest BCUT2D eigenvalue weighted by atomic mass is 16.2. The zero-order valence-electron chi connectivity index (χ0n) is 11.2. The molecule has 0 radical (unpaired) electrons. The minimum absolute atomic E-state index is 0.146. The number of primary amides is 1. The van der Waals surface area contributed by atoms with Gasteiger partial charge in [0.15, 0.2) is 0 Å². The van der Waals surface area contributed by atoms with Gasteiger partial charge in [-0.2, -0.15) is 0 Å². The third-order valence-corrected chi connectivity index (χ3v) is 2.91. The lowest BCUT2D eigenvalue weighted by molar-refractivity contribution is -0.133. The molecular weight excluding hydrogens is 242 g/mol. The van der Waals surface area contributed by atoms with Crippen LogP contribution in [0.25, 0.3) is 0 Å². The van der Waals surface area contributed by atoms with Crippen molar-refractivity contribution in [2.75, 3.05) is 6.54 Å². The Morgan fingerprint density at radius 1 is 1.26 bits per heavy atom. The van der Waals surface area contributed by atoms with Gasteiger partial charge in [0.05, 0.1) is 6.04 Å². The Kier molecular flexibility index (Phi) is 6.02. The van der Waals surface area contributed by atoms with Gasteiger partial charge in [-0.15, -0.1) is 0 Å². The van der Waals surface area contributed by atoms with Crippen LogP contribution in [0.4, 0.5) is 0 Å². The lowest BCUT2D eigenvalue weighted by atomic mass is 10.1. The van der Waals surface area contributed by atoms with E-state index in [4.69, 9.17) is 11.5 Å². The molecular formula is C14H21N3O2. The molecule has 5 nitrogen and oxygen atoms in total. The van der Waals surface area contributed by atoms with Crippen LogP contribution in [0.3, 0.4) is 0 Å². The quantitative estimate of drug-likeness (QED) is 0.756. The fourth-order valence-electron chi connectivity index (χ4n) is 1.73. The highest BCUT2D eigenvalue weighted by molar-refractivity contribution is 5.82. The molecule has 0 fully saturated rings. The average molecular weight is 263 g/mol. The molecule has 19 heavy (non-hydrogen) atoms. The minimum Gasteiger partial charge on any atom is -0.370 e. The van der Waals surface area contributed by atoms with Crippen LogP contribution >= 0.6 is 0 Å². The number of amides is 2. The summed E-state index contributed by atoms with van der Waals surface area (Å²) < 4.78 is 0. The number of nitrogens with two attached hydrogens (primary N) is 2. The molecule has 4 N–H and O–H groups in total. The Morgan fingerprint density at radius 2 is 1.89 bits per heavy atom. The van der Waals surface area contributed by atoms with Gasteiger partial charge in [-0.05, 0) is 12.0 Å². The molecule has 0 bridgehead atoms. The summed E-state index contributed by atoms with van der Waals surface area (Å²) in [4.78, 5) is 24.6. The van der Waals surface area contributed by atoms with E-state index < -0.39 is 11.9 Å². The normalized spacial score (nSPS) is 11.9. The molecule has 0 aliphatic rings. The monoisotopic (exact) mass is 263 g/mol. The van der Waals surface area contributed by atoms with E-state index in [2.05, 4.69) is 0 Å². The first-order valence-electron chi connectivity index (χ1n) is 6.41. The number of rotatable bonds is 7. The topological polar surface area (TPSA) is 89.4 Å². The maximum atomic E-state index is 12.1. The smallest absolute Gasteiger partial charge is 0.239 e. The molecule has 5 heteroatoms. The van der Waals surface area contributed by atoms with Crippen molar-refractivity contribution in [3.05, 3.63) is 35.9 Å². The van der Waals surface area contributed by atoms with E-state index in [-0.39, 0.29) is 12.3 Å². The number of nitrogens with zero attached hydrogens (tertiary/aromatic N) is 1. The van der Waals surface area contributed by atoms with Gasteiger partial charge in [-0.1, -0.05) is 37.3 Å². The Morgan fingerprint density at radius 3 is 2.42 bits per heavy atom. The Balaban J connectivity index is 2.74. The van der Waals surface area contributed by atoms with Crippen molar-refractivity contribution < 1.29 is 9.59 Å². The van der Waals surface area contributed by atoms with Crippen LogP contribution in [0.1, 0.15) is 25.3 Å². The van der Waals surface area contributed by atoms with Crippen molar-refractivity contribution in [1.82, 2.24) is 4.90 Å². The number of carbonyl (C=O) groups is 2. The summed E-state index contributed by atoms with van der Waals surface area (Å²) in [6.07, 6.45) is 0.718. The van der Waals surface area contributed by atoms with E-state index in [1.54, 1.807) is 4.90 Å². The summed E-state index contributed by atoms with van der Waals surface area (Å²) in [6.45, 7) is 2.61. The molecule has 0 aliphatic heterocycles. The predicted molar refractivity (Wildman–Crippen MR) is 73.9 cm³/mol. The molecule has 0 aromatic heterocycles. The molecule has 0 aliphatic carbocycles. The molecule has 2 amide bonds. The molecule has 0 spiro atoms. The second-order valence-electron chi connectivity index (χ2n) is 4.48. The second kappa shape index (κ2) is 7.53. The van der Waals surface area contributed by atoms with Gasteiger partial charge < -0.3 is 16.4 Å². The molecule has 0 saturated heterocycles. The second-order valence-corrected chi connectivity index (χ2v) is 4.48. The van der Waals surface area contributed by atoms with Gasteiger partial charge in [-0.3, -0.25) is 9.59 Å². The van der Waals surface area contributed by atoms with Crippen molar-refractivity contribution in [1.29, 1.82) is 0 Å². The van der Waals surface area contributed by atoms with Crippen molar-refractivity contribution in [2.24, 2.45) is 11.5 Å². The number of benzene rings is 1. The Hall–Kier alpha value is -1.88. The molecule has 0 unspecified atom stereocenters. The first kappa shape index (κ1) is 15.2. The molecule has 104 valence electrons. The number of carbonyl (C=O) groups excluding carboxylic acids is 2. The SMILES string of the molecule is CC[C@H](N)C(=O)N(CCC(N)=O)Cc1ccccc1. The van der Waals surface area contributed by atoms with Crippen LogP contribution in [0, 0.1) is 0 Å². The van der Waals surface area contributed by atoms with Crippen LogP contribution in [-0.4, -0.2) is 29.3 Å². The van der Waals surface area contributed by atoms with Gasteiger partial charge in [-0.25, -0.2) is 0 Å². The van der Waals surface area contributed by atoms with Crippen LogP contribution < -0.4 is 11.5 Å². The molecule has 1 aromatic carbocycles. The van der Waals surface area contributed by atoms with Crippen LogP contribution in [0.2, 0.25) is 0 Å². The summed E-state index contributed by atoms with van der Waals surface area (Å²) in [5.74, 6) is -0.566. The first-order chi connectivity index (χ1) is 9.04. The number of hydrogen-bond donors (Lipinski definition) is 2. The van der Waals surface area contributed by atoms with Crippen LogP contribution in [-0.2, 0) is 16.1 Å². The number of hydrogen-bond acceptors (Lipinski definition) is 3.